The smallest absolute Gasteiger partial charge is 0.223 e. The van der Waals surface area contributed by atoms with E-state index < -0.39 is 0 Å². The highest BCUT2D eigenvalue weighted by Crippen LogP contribution is 2.11. The summed E-state index contributed by atoms with van der Waals surface area (Å²) in [6.07, 6.45) is 6.88. The summed E-state index contributed by atoms with van der Waals surface area (Å²) in [6, 6.07) is 0. The van der Waals surface area contributed by atoms with Crippen molar-refractivity contribution in [3.63, 3.8) is 0 Å². The van der Waals surface area contributed by atoms with Crippen molar-refractivity contribution in [1.82, 2.24) is 15.5 Å². The maximum Gasteiger partial charge on any atom is 0.223 e. The van der Waals surface area contributed by atoms with Crippen LogP contribution in [0.4, 0.5) is 0 Å². The summed E-state index contributed by atoms with van der Waals surface area (Å²) >= 11 is 0. The summed E-state index contributed by atoms with van der Waals surface area (Å²) in [6.45, 7) is 6.19. The van der Waals surface area contributed by atoms with Gasteiger partial charge in [-0.2, -0.15) is 0 Å². The zero-order chi connectivity index (χ0) is 12.6. The van der Waals surface area contributed by atoms with Crippen LogP contribution in [0.1, 0.15) is 38.5 Å². The second kappa shape index (κ2) is 7.74. The SMILES string of the molecule is O=C(CCNCC1CCNCC1)N1CCCCC1. The zero-order valence-corrected chi connectivity index (χ0v) is 11.4. The molecule has 104 valence electrons. The molecule has 1 amide bonds. The lowest BCUT2D eigenvalue weighted by Crippen LogP contribution is -2.38. The summed E-state index contributed by atoms with van der Waals surface area (Å²) in [4.78, 5) is 14.0. The van der Waals surface area contributed by atoms with Gasteiger partial charge in [0, 0.05) is 26.1 Å². The third kappa shape index (κ3) is 4.58. The molecule has 2 heterocycles. The highest BCUT2D eigenvalue weighted by molar-refractivity contribution is 5.76. The van der Waals surface area contributed by atoms with Crippen molar-refractivity contribution in [2.45, 2.75) is 38.5 Å². The van der Waals surface area contributed by atoms with Crippen molar-refractivity contribution >= 4 is 5.91 Å². The highest BCUT2D eigenvalue weighted by Gasteiger charge is 2.16. The number of nitrogens with one attached hydrogen (secondary N) is 2. The molecule has 18 heavy (non-hydrogen) atoms. The van der Waals surface area contributed by atoms with Crippen molar-refractivity contribution in [3.8, 4) is 0 Å². The Morgan fingerprint density at radius 1 is 1.17 bits per heavy atom. The first-order chi connectivity index (χ1) is 8.86. The molecule has 2 saturated heterocycles. The van der Waals surface area contributed by atoms with Crippen LogP contribution < -0.4 is 10.6 Å². The predicted molar refractivity (Wildman–Crippen MR) is 73.5 cm³/mol. The summed E-state index contributed by atoms with van der Waals surface area (Å²) < 4.78 is 0. The number of piperidine rings is 2. The summed E-state index contributed by atoms with van der Waals surface area (Å²) in [5.41, 5.74) is 0. The monoisotopic (exact) mass is 253 g/mol. The fraction of sp³-hybridized carbons (Fsp3) is 0.929. The number of amides is 1. The van der Waals surface area contributed by atoms with Gasteiger partial charge in [0.1, 0.15) is 0 Å². The van der Waals surface area contributed by atoms with Crippen LogP contribution in [0.25, 0.3) is 0 Å². The standard InChI is InChI=1S/C14H27N3O/c18-14(17-10-2-1-3-11-17)6-9-16-12-13-4-7-15-8-5-13/h13,15-16H,1-12H2. The van der Waals surface area contributed by atoms with Crippen LogP contribution in [0, 0.1) is 5.92 Å². The van der Waals surface area contributed by atoms with Crippen molar-refractivity contribution in [2.24, 2.45) is 5.92 Å². The van der Waals surface area contributed by atoms with Crippen LogP contribution in [-0.2, 0) is 4.79 Å². The molecular formula is C14H27N3O. The van der Waals surface area contributed by atoms with E-state index in [1.165, 1.54) is 32.1 Å². The van der Waals surface area contributed by atoms with Gasteiger partial charge < -0.3 is 15.5 Å². The zero-order valence-electron chi connectivity index (χ0n) is 11.4. The molecule has 2 fully saturated rings. The molecule has 0 aliphatic carbocycles. The molecule has 0 aromatic carbocycles. The van der Waals surface area contributed by atoms with E-state index in [0.717, 1.165) is 45.2 Å². The lowest BCUT2D eigenvalue weighted by molar-refractivity contribution is -0.131. The van der Waals surface area contributed by atoms with Gasteiger partial charge in [0.05, 0.1) is 0 Å². The third-order valence-electron chi connectivity index (χ3n) is 4.12. The Bertz CT molecular complexity index is 245. The van der Waals surface area contributed by atoms with Gasteiger partial charge in [-0.1, -0.05) is 0 Å². The molecule has 0 atom stereocenters. The van der Waals surface area contributed by atoms with Gasteiger partial charge in [-0.25, -0.2) is 0 Å². The van der Waals surface area contributed by atoms with E-state index >= 15 is 0 Å². The molecule has 0 aromatic heterocycles. The molecule has 0 aromatic rings. The second-order valence-electron chi connectivity index (χ2n) is 5.59. The van der Waals surface area contributed by atoms with E-state index in [1.54, 1.807) is 0 Å². The topological polar surface area (TPSA) is 44.4 Å². The van der Waals surface area contributed by atoms with Crippen LogP contribution in [-0.4, -0.2) is 50.1 Å². The minimum atomic E-state index is 0.340. The van der Waals surface area contributed by atoms with Gasteiger partial charge in [-0.15, -0.1) is 0 Å². The number of hydrogen-bond acceptors (Lipinski definition) is 3. The van der Waals surface area contributed by atoms with Crippen molar-refractivity contribution in [1.29, 1.82) is 0 Å². The Morgan fingerprint density at radius 3 is 2.61 bits per heavy atom. The Hall–Kier alpha value is -0.610. The fourth-order valence-electron chi connectivity index (χ4n) is 2.89. The van der Waals surface area contributed by atoms with Crippen molar-refractivity contribution < 1.29 is 4.79 Å². The molecular weight excluding hydrogens is 226 g/mol. The van der Waals surface area contributed by atoms with Crippen LogP contribution in [0.2, 0.25) is 0 Å². The molecule has 4 nitrogen and oxygen atoms in total. The molecule has 4 heteroatoms. The van der Waals surface area contributed by atoms with Crippen LogP contribution in [0.15, 0.2) is 0 Å². The molecule has 0 radical (unpaired) electrons. The summed E-state index contributed by atoms with van der Waals surface area (Å²) in [5.74, 6) is 1.14. The highest BCUT2D eigenvalue weighted by atomic mass is 16.2. The van der Waals surface area contributed by atoms with Gasteiger partial charge in [-0.3, -0.25) is 4.79 Å². The lowest BCUT2D eigenvalue weighted by atomic mass is 9.98. The van der Waals surface area contributed by atoms with E-state index in [2.05, 4.69) is 10.6 Å². The fourth-order valence-corrected chi connectivity index (χ4v) is 2.89. The quantitative estimate of drug-likeness (QED) is 0.718. The molecule has 0 saturated carbocycles. The molecule has 2 aliphatic heterocycles. The molecule has 2 rings (SSSR count). The van der Waals surface area contributed by atoms with Crippen LogP contribution in [0.3, 0.4) is 0 Å². The number of nitrogens with zero attached hydrogens (tertiary/aromatic N) is 1. The largest absolute Gasteiger partial charge is 0.343 e. The van der Waals surface area contributed by atoms with Gasteiger partial charge in [0.15, 0.2) is 0 Å². The average molecular weight is 253 g/mol. The molecule has 2 aliphatic rings. The first-order valence-electron chi connectivity index (χ1n) is 7.55. The van der Waals surface area contributed by atoms with Crippen LogP contribution >= 0.6 is 0 Å². The van der Waals surface area contributed by atoms with E-state index in [0.29, 0.717) is 12.3 Å². The van der Waals surface area contributed by atoms with E-state index in [4.69, 9.17) is 0 Å². The van der Waals surface area contributed by atoms with E-state index in [-0.39, 0.29) is 0 Å². The van der Waals surface area contributed by atoms with Gasteiger partial charge in [0.2, 0.25) is 5.91 Å². The van der Waals surface area contributed by atoms with Crippen molar-refractivity contribution in [2.75, 3.05) is 39.3 Å². The summed E-state index contributed by atoms with van der Waals surface area (Å²) in [5, 5.41) is 6.83. The molecule has 0 bridgehead atoms. The molecule has 2 N–H and O–H groups in total. The maximum atomic E-state index is 11.9. The van der Waals surface area contributed by atoms with Gasteiger partial charge in [-0.05, 0) is 57.7 Å². The maximum absolute atomic E-state index is 11.9. The Kier molecular flexibility index (Phi) is 5.94. The number of likely N-dealkylation sites (tertiary alicyclic amines) is 1. The summed E-state index contributed by atoms with van der Waals surface area (Å²) in [7, 11) is 0. The predicted octanol–water partition coefficient (Wildman–Crippen LogP) is 0.978. The minimum absolute atomic E-state index is 0.340. The Balaban J connectivity index is 1.52. The molecule has 0 unspecified atom stereocenters. The van der Waals surface area contributed by atoms with Crippen LogP contribution in [0.5, 0.6) is 0 Å². The van der Waals surface area contributed by atoms with Crippen molar-refractivity contribution in [3.05, 3.63) is 0 Å². The van der Waals surface area contributed by atoms with E-state index in [9.17, 15) is 4.79 Å². The third-order valence-corrected chi connectivity index (χ3v) is 4.12. The number of hydrogen-bond donors (Lipinski definition) is 2. The Morgan fingerprint density at radius 2 is 1.89 bits per heavy atom. The number of carbonyl (C=O) groups is 1. The molecule has 0 spiro atoms. The minimum Gasteiger partial charge on any atom is -0.343 e. The van der Waals surface area contributed by atoms with Gasteiger partial charge >= 0.3 is 0 Å². The Labute approximate surface area is 110 Å². The van der Waals surface area contributed by atoms with E-state index in [1.807, 2.05) is 4.90 Å². The lowest BCUT2D eigenvalue weighted by Gasteiger charge is -2.27. The second-order valence-corrected chi connectivity index (χ2v) is 5.59. The first kappa shape index (κ1) is 13.8. The normalized spacial score (nSPS) is 22.1. The number of rotatable bonds is 5. The number of carbonyl (C=O) groups excluding carboxylic acids is 1. The average Bonchev–Trinajstić information content (AvgIpc) is 2.45. The first-order valence-corrected chi connectivity index (χ1v) is 7.55. The van der Waals surface area contributed by atoms with Gasteiger partial charge in [0.25, 0.3) is 0 Å².